The fraction of sp³-hybridized carbons (Fsp3) is 0.857. The van der Waals surface area contributed by atoms with Crippen LogP contribution in [0.5, 0.6) is 0 Å². The van der Waals surface area contributed by atoms with Crippen molar-refractivity contribution in [3.8, 4) is 0 Å². The Kier molecular flexibility index (Phi) is 16.3. The largest absolute Gasteiger partial charge is 0.370 e. The molecule has 0 rings (SSSR count). The van der Waals surface area contributed by atoms with Crippen molar-refractivity contribution in [3.63, 3.8) is 0 Å². The molecule has 0 saturated carbocycles. The number of hydrogen-bond donors (Lipinski definition) is 7. The van der Waals surface area contributed by atoms with E-state index in [1.54, 1.807) is 0 Å². The summed E-state index contributed by atoms with van der Waals surface area (Å²) in [4.78, 5) is 0. The molecule has 0 bridgehead atoms. The first kappa shape index (κ1) is 15.6. The highest BCUT2D eigenvalue weighted by Crippen LogP contribution is 1.57. The average molecular weight is 205 g/mol. The molecule has 0 heterocycles. The van der Waals surface area contributed by atoms with Gasteiger partial charge in [0.25, 0.3) is 0 Å². The number of guanidine groups is 1. The molecule has 0 aromatic heterocycles. The van der Waals surface area contributed by atoms with E-state index in [0.29, 0.717) is 13.1 Å². The molecule has 0 radical (unpaired) electrons. The van der Waals surface area contributed by atoms with E-state index in [9.17, 15) is 0 Å². The zero-order valence-corrected chi connectivity index (χ0v) is 8.55. The summed E-state index contributed by atoms with van der Waals surface area (Å²) in [5.74, 6) is -0.333. The van der Waals surface area contributed by atoms with Crippen molar-refractivity contribution in [2.75, 3.05) is 39.3 Å². The molecule has 0 fully saturated rings. The van der Waals surface area contributed by atoms with E-state index in [1.165, 1.54) is 0 Å². The van der Waals surface area contributed by atoms with Gasteiger partial charge in [0, 0.05) is 39.3 Å². The van der Waals surface area contributed by atoms with Crippen LogP contribution in [0.2, 0.25) is 0 Å². The molecular weight excluding hydrogens is 182 g/mol. The second-order valence-electron chi connectivity index (χ2n) is 2.53. The quantitative estimate of drug-likeness (QED) is 0.133. The third-order valence-corrected chi connectivity index (χ3v) is 1.12. The minimum atomic E-state index is -0.333. The predicted octanol–water partition coefficient (Wildman–Crippen LogP) is -3.08. The van der Waals surface area contributed by atoms with Crippen molar-refractivity contribution in [1.29, 1.82) is 5.41 Å². The molecule has 7 nitrogen and oxygen atoms in total. The molecule has 0 unspecified atom stereocenters. The van der Waals surface area contributed by atoms with Crippen LogP contribution in [0.4, 0.5) is 0 Å². The van der Waals surface area contributed by atoms with Gasteiger partial charge in [-0.15, -0.1) is 0 Å². The molecule has 7 heteroatoms. The highest BCUT2D eigenvalue weighted by molar-refractivity contribution is 5.71. The van der Waals surface area contributed by atoms with Gasteiger partial charge in [0.15, 0.2) is 5.96 Å². The van der Waals surface area contributed by atoms with Gasteiger partial charge in [-0.25, -0.2) is 0 Å². The molecule has 86 valence electrons. The molecule has 0 aliphatic carbocycles. The Balaban J connectivity index is 0. The number of rotatable bonds is 7. The first-order valence-electron chi connectivity index (χ1n) is 4.56. The monoisotopic (exact) mass is 205 g/mol. The van der Waals surface area contributed by atoms with Crippen molar-refractivity contribution in [2.24, 2.45) is 22.9 Å². The Hall–Kier alpha value is -0.890. The summed E-state index contributed by atoms with van der Waals surface area (Å²) in [6.07, 6.45) is 0. The third kappa shape index (κ3) is 30.4. The fourth-order valence-electron chi connectivity index (χ4n) is 0.631. The van der Waals surface area contributed by atoms with E-state index in [0.717, 1.165) is 26.2 Å². The second-order valence-corrected chi connectivity index (χ2v) is 2.53. The van der Waals surface area contributed by atoms with Gasteiger partial charge in [0.2, 0.25) is 0 Å². The highest BCUT2D eigenvalue weighted by atomic mass is 14.9. The van der Waals surface area contributed by atoms with Gasteiger partial charge in [-0.2, -0.15) is 0 Å². The molecule has 11 N–H and O–H groups in total. The molecule has 14 heavy (non-hydrogen) atoms. The van der Waals surface area contributed by atoms with Crippen molar-refractivity contribution in [1.82, 2.24) is 10.6 Å². The van der Waals surface area contributed by atoms with Gasteiger partial charge >= 0.3 is 0 Å². The Bertz CT molecular complexity index is 105. The molecule has 0 aliphatic rings. The Morgan fingerprint density at radius 1 is 0.857 bits per heavy atom. The zero-order chi connectivity index (χ0) is 11.2. The van der Waals surface area contributed by atoms with Crippen molar-refractivity contribution < 1.29 is 0 Å². The lowest BCUT2D eigenvalue weighted by Crippen LogP contribution is -2.32. The minimum absolute atomic E-state index is 0.333. The Labute approximate surface area is 85.1 Å². The van der Waals surface area contributed by atoms with Crippen LogP contribution in [0.1, 0.15) is 0 Å². The van der Waals surface area contributed by atoms with Gasteiger partial charge in [-0.3, -0.25) is 5.41 Å². The van der Waals surface area contributed by atoms with Crippen LogP contribution in [-0.4, -0.2) is 45.2 Å². The summed E-state index contributed by atoms with van der Waals surface area (Å²) in [5, 5.41) is 12.4. The number of nitrogens with one attached hydrogen (secondary N) is 3. The predicted molar refractivity (Wildman–Crippen MR) is 59.9 cm³/mol. The van der Waals surface area contributed by atoms with Crippen LogP contribution >= 0.6 is 0 Å². The zero-order valence-electron chi connectivity index (χ0n) is 8.55. The standard InChI is InChI=1S/C6H18N4.CH5N3/c7-1-3-9-5-6-10-4-2-8;2-1(3)4/h9-10H,1-8H2;(H5,2,3,4). The normalized spacial score (nSPS) is 9.00. The van der Waals surface area contributed by atoms with Gasteiger partial charge in [0.05, 0.1) is 0 Å². The van der Waals surface area contributed by atoms with E-state index in [1.807, 2.05) is 0 Å². The summed E-state index contributed by atoms with van der Waals surface area (Å²) in [6.45, 7) is 5.14. The number of nitrogens with two attached hydrogens (primary N) is 4. The van der Waals surface area contributed by atoms with E-state index >= 15 is 0 Å². The average Bonchev–Trinajstić information content (AvgIpc) is 2.10. The van der Waals surface area contributed by atoms with Crippen LogP contribution in [0, 0.1) is 5.41 Å². The van der Waals surface area contributed by atoms with Gasteiger partial charge in [0.1, 0.15) is 0 Å². The lowest BCUT2D eigenvalue weighted by Gasteiger charge is -2.03. The van der Waals surface area contributed by atoms with Crippen LogP contribution < -0.4 is 33.6 Å². The van der Waals surface area contributed by atoms with Crippen molar-refractivity contribution in [3.05, 3.63) is 0 Å². The van der Waals surface area contributed by atoms with Crippen LogP contribution in [0.25, 0.3) is 0 Å². The Morgan fingerprint density at radius 2 is 1.14 bits per heavy atom. The van der Waals surface area contributed by atoms with Crippen LogP contribution in [0.3, 0.4) is 0 Å². The fourth-order valence-corrected chi connectivity index (χ4v) is 0.631. The smallest absolute Gasteiger partial charge is 0.183 e. The minimum Gasteiger partial charge on any atom is -0.370 e. The molecule has 0 saturated heterocycles. The summed E-state index contributed by atoms with van der Waals surface area (Å²) in [5.41, 5.74) is 19.5. The first-order valence-corrected chi connectivity index (χ1v) is 4.56. The summed E-state index contributed by atoms with van der Waals surface area (Å²) in [7, 11) is 0. The highest BCUT2D eigenvalue weighted by Gasteiger charge is 1.83. The van der Waals surface area contributed by atoms with Crippen LogP contribution in [0.15, 0.2) is 0 Å². The van der Waals surface area contributed by atoms with E-state index in [2.05, 4.69) is 22.1 Å². The van der Waals surface area contributed by atoms with E-state index < -0.39 is 0 Å². The summed E-state index contributed by atoms with van der Waals surface area (Å²) >= 11 is 0. The molecule has 0 spiro atoms. The number of hydrogen-bond acceptors (Lipinski definition) is 5. The molecule has 0 amide bonds. The molecule has 0 aromatic carbocycles. The van der Waals surface area contributed by atoms with E-state index in [-0.39, 0.29) is 5.96 Å². The maximum absolute atomic E-state index is 6.06. The molecule has 0 aliphatic heterocycles. The SMILES string of the molecule is N=C(N)N.NCCNCCNCCN. The maximum Gasteiger partial charge on any atom is 0.183 e. The van der Waals surface area contributed by atoms with Crippen LogP contribution in [-0.2, 0) is 0 Å². The molecular formula is C7H23N7. The lowest BCUT2D eigenvalue weighted by molar-refractivity contribution is 0.618. The van der Waals surface area contributed by atoms with E-state index in [4.69, 9.17) is 16.9 Å². The topological polar surface area (TPSA) is 152 Å². The van der Waals surface area contributed by atoms with Crippen molar-refractivity contribution >= 4 is 5.96 Å². The molecule has 0 atom stereocenters. The van der Waals surface area contributed by atoms with Gasteiger partial charge < -0.3 is 33.6 Å². The maximum atomic E-state index is 6.06. The third-order valence-electron chi connectivity index (χ3n) is 1.12. The second kappa shape index (κ2) is 14.6. The summed E-state index contributed by atoms with van der Waals surface area (Å²) < 4.78 is 0. The van der Waals surface area contributed by atoms with Gasteiger partial charge in [-0.1, -0.05) is 0 Å². The molecule has 0 aromatic rings. The van der Waals surface area contributed by atoms with Crippen molar-refractivity contribution in [2.45, 2.75) is 0 Å². The summed E-state index contributed by atoms with van der Waals surface area (Å²) in [6, 6.07) is 0. The lowest BCUT2D eigenvalue weighted by atomic mass is 10.5. The first-order chi connectivity index (χ1) is 6.65. The van der Waals surface area contributed by atoms with Gasteiger partial charge in [-0.05, 0) is 0 Å². The Morgan fingerprint density at radius 3 is 1.36 bits per heavy atom.